The number of nitrogens with one attached hydrogen (secondary N) is 2. The molecular formula is C13H18N4O2. The minimum atomic E-state index is -0.0172. The van der Waals surface area contributed by atoms with Crippen LogP contribution in [0.1, 0.15) is 37.0 Å². The highest BCUT2D eigenvalue weighted by atomic mass is 16.5. The van der Waals surface area contributed by atoms with Gasteiger partial charge in [0.1, 0.15) is 0 Å². The summed E-state index contributed by atoms with van der Waals surface area (Å²) in [5.41, 5.74) is 1.05. The zero-order valence-electron chi connectivity index (χ0n) is 11.0. The number of hydrogen-bond acceptors (Lipinski definition) is 4. The third-order valence-electron chi connectivity index (χ3n) is 2.70. The fourth-order valence-corrected chi connectivity index (χ4v) is 1.69. The van der Waals surface area contributed by atoms with Crippen LogP contribution in [-0.4, -0.2) is 21.0 Å². The normalized spacial score (nSPS) is 10.6. The molecule has 6 nitrogen and oxygen atoms in total. The van der Waals surface area contributed by atoms with Gasteiger partial charge in [-0.15, -0.1) is 0 Å². The Hall–Kier alpha value is -2.11. The molecule has 0 spiro atoms. The van der Waals surface area contributed by atoms with E-state index in [4.69, 9.17) is 4.52 Å². The van der Waals surface area contributed by atoms with Gasteiger partial charge in [0.05, 0.1) is 0 Å². The standard InChI is InChI=1S/C13H18N4O2/c1-2-3-11-16-13(19-17-11)5-4-12(18)15-9-10-6-7-14-8-10/h6-8,14H,2-5,9H2,1H3,(H,15,18). The van der Waals surface area contributed by atoms with Crippen molar-refractivity contribution in [1.82, 2.24) is 20.4 Å². The zero-order valence-corrected chi connectivity index (χ0v) is 11.0. The van der Waals surface area contributed by atoms with E-state index in [1.165, 1.54) is 0 Å². The van der Waals surface area contributed by atoms with Crippen LogP contribution in [0.25, 0.3) is 0 Å². The Kier molecular flexibility index (Phi) is 4.72. The second-order valence-corrected chi connectivity index (χ2v) is 4.35. The molecule has 0 aliphatic rings. The Morgan fingerprint density at radius 2 is 2.37 bits per heavy atom. The van der Waals surface area contributed by atoms with Crippen LogP contribution < -0.4 is 5.32 Å². The zero-order chi connectivity index (χ0) is 13.5. The molecule has 0 atom stereocenters. The van der Waals surface area contributed by atoms with Gasteiger partial charge in [-0.2, -0.15) is 4.98 Å². The molecule has 0 unspecified atom stereocenters. The van der Waals surface area contributed by atoms with Crippen molar-refractivity contribution in [3.63, 3.8) is 0 Å². The highest BCUT2D eigenvalue weighted by molar-refractivity contribution is 5.75. The van der Waals surface area contributed by atoms with Crippen molar-refractivity contribution in [2.45, 2.75) is 39.2 Å². The van der Waals surface area contributed by atoms with E-state index in [2.05, 4.69) is 27.4 Å². The van der Waals surface area contributed by atoms with Crippen molar-refractivity contribution in [3.8, 4) is 0 Å². The molecular weight excluding hydrogens is 244 g/mol. The second-order valence-electron chi connectivity index (χ2n) is 4.35. The molecule has 0 aliphatic carbocycles. The Balaban J connectivity index is 1.70. The maximum absolute atomic E-state index is 11.6. The fraction of sp³-hybridized carbons (Fsp3) is 0.462. The number of aromatic nitrogens is 3. The number of H-pyrrole nitrogens is 1. The lowest BCUT2D eigenvalue weighted by atomic mass is 10.2. The van der Waals surface area contributed by atoms with Crippen molar-refractivity contribution in [2.75, 3.05) is 0 Å². The SMILES string of the molecule is CCCc1noc(CCC(=O)NCc2cc[nH]c2)n1. The summed E-state index contributed by atoms with van der Waals surface area (Å²) < 4.78 is 5.07. The first-order valence-electron chi connectivity index (χ1n) is 6.47. The first-order valence-corrected chi connectivity index (χ1v) is 6.47. The van der Waals surface area contributed by atoms with E-state index in [0.29, 0.717) is 31.1 Å². The highest BCUT2D eigenvalue weighted by Crippen LogP contribution is 2.03. The maximum Gasteiger partial charge on any atom is 0.227 e. The summed E-state index contributed by atoms with van der Waals surface area (Å²) in [4.78, 5) is 18.8. The number of nitrogens with zero attached hydrogens (tertiary/aromatic N) is 2. The van der Waals surface area contributed by atoms with E-state index >= 15 is 0 Å². The summed E-state index contributed by atoms with van der Waals surface area (Å²) in [6.45, 7) is 2.59. The third-order valence-corrected chi connectivity index (χ3v) is 2.70. The molecule has 0 saturated heterocycles. The van der Waals surface area contributed by atoms with Crippen LogP contribution in [0.4, 0.5) is 0 Å². The molecule has 102 valence electrons. The number of carbonyl (C=O) groups excluding carboxylic acids is 1. The van der Waals surface area contributed by atoms with E-state index in [9.17, 15) is 4.79 Å². The molecule has 19 heavy (non-hydrogen) atoms. The molecule has 0 saturated carbocycles. The van der Waals surface area contributed by atoms with E-state index in [-0.39, 0.29) is 5.91 Å². The predicted molar refractivity (Wildman–Crippen MR) is 69.3 cm³/mol. The van der Waals surface area contributed by atoms with Crippen LogP contribution in [0.5, 0.6) is 0 Å². The summed E-state index contributed by atoms with van der Waals surface area (Å²) in [7, 11) is 0. The lowest BCUT2D eigenvalue weighted by Crippen LogP contribution is -2.22. The second kappa shape index (κ2) is 6.72. The smallest absolute Gasteiger partial charge is 0.227 e. The number of aromatic amines is 1. The molecule has 2 N–H and O–H groups in total. The first kappa shape index (κ1) is 13.3. The quantitative estimate of drug-likeness (QED) is 0.793. The van der Waals surface area contributed by atoms with Crippen molar-refractivity contribution in [3.05, 3.63) is 35.7 Å². The highest BCUT2D eigenvalue weighted by Gasteiger charge is 2.08. The average molecular weight is 262 g/mol. The lowest BCUT2D eigenvalue weighted by Gasteiger charge is -2.01. The summed E-state index contributed by atoms with van der Waals surface area (Å²) in [5, 5.41) is 6.69. The molecule has 2 heterocycles. The molecule has 2 aromatic heterocycles. The van der Waals surface area contributed by atoms with E-state index in [1.807, 2.05) is 18.5 Å². The Labute approximate surface area is 111 Å². The van der Waals surface area contributed by atoms with Crippen LogP contribution >= 0.6 is 0 Å². The average Bonchev–Trinajstić information content (AvgIpc) is 3.05. The van der Waals surface area contributed by atoms with Gasteiger partial charge >= 0.3 is 0 Å². The number of carbonyl (C=O) groups is 1. The number of aryl methyl sites for hydroxylation is 2. The van der Waals surface area contributed by atoms with Crippen molar-refractivity contribution in [1.29, 1.82) is 0 Å². The molecule has 2 rings (SSSR count). The summed E-state index contributed by atoms with van der Waals surface area (Å²) in [6, 6.07) is 1.93. The van der Waals surface area contributed by atoms with Gasteiger partial charge in [0, 0.05) is 38.2 Å². The molecule has 6 heteroatoms. The van der Waals surface area contributed by atoms with Crippen molar-refractivity contribution >= 4 is 5.91 Å². The van der Waals surface area contributed by atoms with E-state index < -0.39 is 0 Å². The molecule has 0 bridgehead atoms. The largest absolute Gasteiger partial charge is 0.367 e. The van der Waals surface area contributed by atoms with E-state index in [0.717, 1.165) is 18.4 Å². The minimum absolute atomic E-state index is 0.0172. The third kappa shape index (κ3) is 4.24. The van der Waals surface area contributed by atoms with Gasteiger partial charge in [0.15, 0.2) is 5.82 Å². The summed E-state index contributed by atoms with van der Waals surface area (Å²) >= 11 is 0. The molecule has 0 aliphatic heterocycles. The lowest BCUT2D eigenvalue weighted by molar-refractivity contribution is -0.121. The molecule has 0 fully saturated rings. The Bertz CT molecular complexity index is 504. The number of hydrogen-bond donors (Lipinski definition) is 2. The van der Waals surface area contributed by atoms with Gasteiger partial charge in [-0.3, -0.25) is 4.79 Å². The van der Waals surface area contributed by atoms with Gasteiger partial charge < -0.3 is 14.8 Å². The van der Waals surface area contributed by atoms with Gasteiger partial charge in [0.25, 0.3) is 0 Å². The minimum Gasteiger partial charge on any atom is -0.367 e. The Morgan fingerprint density at radius 1 is 1.47 bits per heavy atom. The number of rotatable bonds is 7. The van der Waals surface area contributed by atoms with Crippen LogP contribution in [0, 0.1) is 0 Å². The van der Waals surface area contributed by atoms with Gasteiger partial charge in [-0.05, 0) is 18.1 Å². The monoisotopic (exact) mass is 262 g/mol. The molecule has 2 aromatic rings. The van der Waals surface area contributed by atoms with E-state index in [1.54, 1.807) is 0 Å². The first-order chi connectivity index (χ1) is 9.28. The van der Waals surface area contributed by atoms with Crippen LogP contribution in [0.3, 0.4) is 0 Å². The van der Waals surface area contributed by atoms with Crippen molar-refractivity contribution in [2.24, 2.45) is 0 Å². The summed E-state index contributed by atoms with van der Waals surface area (Å²) in [5.74, 6) is 1.22. The predicted octanol–water partition coefficient (Wildman–Crippen LogP) is 1.60. The summed E-state index contributed by atoms with van der Waals surface area (Å²) in [6.07, 6.45) is 6.32. The molecule has 0 radical (unpaired) electrons. The van der Waals surface area contributed by atoms with Crippen molar-refractivity contribution < 1.29 is 9.32 Å². The Morgan fingerprint density at radius 3 is 3.11 bits per heavy atom. The van der Waals surface area contributed by atoms with Gasteiger partial charge in [0.2, 0.25) is 11.8 Å². The van der Waals surface area contributed by atoms with Gasteiger partial charge in [-0.25, -0.2) is 0 Å². The molecule has 1 amide bonds. The van der Waals surface area contributed by atoms with Crippen LogP contribution in [-0.2, 0) is 24.2 Å². The van der Waals surface area contributed by atoms with Crippen LogP contribution in [0.15, 0.2) is 23.0 Å². The maximum atomic E-state index is 11.6. The fourth-order valence-electron chi connectivity index (χ4n) is 1.69. The van der Waals surface area contributed by atoms with Gasteiger partial charge in [-0.1, -0.05) is 12.1 Å². The molecule has 0 aromatic carbocycles. The van der Waals surface area contributed by atoms with Crippen LogP contribution in [0.2, 0.25) is 0 Å². The topological polar surface area (TPSA) is 83.8 Å². The number of amides is 1.